The van der Waals surface area contributed by atoms with Crippen molar-refractivity contribution in [3.05, 3.63) is 99.6 Å². The predicted octanol–water partition coefficient (Wildman–Crippen LogP) is 5.08. The molecule has 0 atom stereocenters. The number of benzene rings is 3. The van der Waals surface area contributed by atoms with Gasteiger partial charge in [-0.15, -0.1) is 10.2 Å². The number of para-hydroxylation sites is 1. The van der Waals surface area contributed by atoms with Crippen molar-refractivity contribution in [2.75, 3.05) is 0 Å². The first-order valence-corrected chi connectivity index (χ1v) is 10.9. The van der Waals surface area contributed by atoms with Crippen LogP contribution in [-0.2, 0) is 5.75 Å². The van der Waals surface area contributed by atoms with Crippen molar-refractivity contribution >= 4 is 28.4 Å². The van der Waals surface area contributed by atoms with E-state index in [1.807, 2.05) is 66.8 Å². The zero-order chi connectivity index (χ0) is 21.5. The van der Waals surface area contributed by atoms with Gasteiger partial charge < -0.3 is 0 Å². The first-order valence-electron chi connectivity index (χ1n) is 9.87. The van der Waals surface area contributed by atoms with Crippen LogP contribution in [0.25, 0.3) is 22.4 Å². The minimum absolute atomic E-state index is 0.144. The quantitative estimate of drug-likeness (QED) is 0.373. The molecular formula is C24H19FN4OS. The maximum absolute atomic E-state index is 14.1. The Labute approximate surface area is 182 Å². The smallest absolute Gasteiger partial charge is 0.267 e. The summed E-state index contributed by atoms with van der Waals surface area (Å²) in [5, 5.41) is 9.91. The Hall–Kier alpha value is -3.45. The molecular weight excluding hydrogens is 411 g/mol. The van der Waals surface area contributed by atoms with Crippen LogP contribution in [0, 0.1) is 19.7 Å². The number of aromatic nitrogens is 4. The summed E-state index contributed by atoms with van der Waals surface area (Å²) >= 11 is 1.39. The van der Waals surface area contributed by atoms with Gasteiger partial charge in [-0.1, -0.05) is 54.2 Å². The van der Waals surface area contributed by atoms with Crippen LogP contribution in [-0.4, -0.2) is 19.2 Å². The first-order chi connectivity index (χ1) is 15.0. The Bertz CT molecular complexity index is 1510. The molecule has 5 aromatic rings. The molecule has 0 amide bonds. The van der Waals surface area contributed by atoms with Crippen LogP contribution in [0.2, 0.25) is 0 Å². The average molecular weight is 431 g/mol. The van der Waals surface area contributed by atoms with Crippen molar-refractivity contribution in [2.45, 2.75) is 24.8 Å². The van der Waals surface area contributed by atoms with Crippen LogP contribution in [0.5, 0.6) is 0 Å². The number of rotatable bonds is 4. The van der Waals surface area contributed by atoms with Gasteiger partial charge in [-0.3, -0.25) is 9.20 Å². The van der Waals surface area contributed by atoms with Crippen molar-refractivity contribution in [3.63, 3.8) is 0 Å². The van der Waals surface area contributed by atoms with Gasteiger partial charge in [-0.05, 0) is 54.8 Å². The second-order valence-corrected chi connectivity index (χ2v) is 8.39. The van der Waals surface area contributed by atoms with Gasteiger partial charge in [0.15, 0.2) is 5.16 Å². The van der Waals surface area contributed by atoms with Gasteiger partial charge in [0.05, 0.1) is 16.6 Å². The molecule has 0 fully saturated rings. The van der Waals surface area contributed by atoms with Gasteiger partial charge in [0.25, 0.3) is 5.56 Å². The molecule has 0 aliphatic carbocycles. The summed E-state index contributed by atoms with van der Waals surface area (Å²) in [5.41, 5.74) is 3.97. The van der Waals surface area contributed by atoms with Gasteiger partial charge in [0.2, 0.25) is 5.78 Å². The monoisotopic (exact) mass is 430 g/mol. The largest absolute Gasteiger partial charge is 0.268 e. The number of thioether (sulfide) groups is 1. The number of hydrogen-bond acceptors (Lipinski definition) is 4. The topological polar surface area (TPSA) is 52.2 Å². The Morgan fingerprint density at radius 1 is 0.968 bits per heavy atom. The summed E-state index contributed by atoms with van der Waals surface area (Å²) in [6.45, 7) is 3.96. The van der Waals surface area contributed by atoms with Gasteiger partial charge in [-0.25, -0.2) is 8.96 Å². The molecule has 154 valence electrons. The minimum Gasteiger partial charge on any atom is -0.268 e. The molecule has 0 saturated carbocycles. The molecule has 0 N–H and O–H groups in total. The molecule has 0 radical (unpaired) electrons. The molecule has 2 aromatic heterocycles. The third-order valence-electron chi connectivity index (χ3n) is 5.31. The van der Waals surface area contributed by atoms with Gasteiger partial charge in [-0.2, -0.15) is 0 Å². The fourth-order valence-electron chi connectivity index (χ4n) is 3.71. The number of fused-ring (bicyclic) bond motifs is 3. The molecule has 5 rings (SSSR count). The van der Waals surface area contributed by atoms with E-state index in [-0.39, 0.29) is 11.4 Å². The molecule has 0 saturated heterocycles. The third kappa shape index (κ3) is 3.31. The predicted molar refractivity (Wildman–Crippen MR) is 122 cm³/mol. The highest BCUT2D eigenvalue weighted by Gasteiger charge is 2.19. The SMILES string of the molecule is Cc1ccc(C)c(-n2c(=O)c3ccccc3n3c(SCc4ccccc4F)nnc23)c1. The molecule has 2 heterocycles. The summed E-state index contributed by atoms with van der Waals surface area (Å²) < 4.78 is 17.6. The zero-order valence-electron chi connectivity index (χ0n) is 17.0. The molecule has 0 aliphatic heterocycles. The van der Waals surface area contributed by atoms with Gasteiger partial charge >= 0.3 is 0 Å². The van der Waals surface area contributed by atoms with Crippen LogP contribution in [0.3, 0.4) is 0 Å². The summed E-state index contributed by atoms with van der Waals surface area (Å²) in [4.78, 5) is 13.5. The fourth-order valence-corrected chi connectivity index (χ4v) is 4.63. The van der Waals surface area contributed by atoms with Crippen molar-refractivity contribution in [2.24, 2.45) is 0 Å². The molecule has 0 bridgehead atoms. The number of nitrogens with zero attached hydrogens (tertiary/aromatic N) is 4. The Morgan fingerprint density at radius 2 is 1.74 bits per heavy atom. The molecule has 5 nitrogen and oxygen atoms in total. The van der Waals surface area contributed by atoms with Crippen molar-refractivity contribution in [1.82, 2.24) is 19.2 Å². The van der Waals surface area contributed by atoms with E-state index < -0.39 is 0 Å². The van der Waals surface area contributed by atoms with Crippen LogP contribution in [0.15, 0.2) is 76.7 Å². The molecule has 7 heteroatoms. The first kappa shape index (κ1) is 19.5. The van der Waals surface area contributed by atoms with Crippen molar-refractivity contribution in [1.29, 1.82) is 0 Å². The van der Waals surface area contributed by atoms with Crippen LogP contribution >= 0.6 is 11.8 Å². The minimum atomic E-state index is -0.249. The number of aryl methyl sites for hydroxylation is 2. The average Bonchev–Trinajstić information content (AvgIpc) is 3.19. The molecule has 0 unspecified atom stereocenters. The Balaban J connectivity index is 1.76. The lowest BCUT2D eigenvalue weighted by molar-refractivity contribution is 0.617. The zero-order valence-corrected chi connectivity index (χ0v) is 17.9. The van der Waals surface area contributed by atoms with E-state index >= 15 is 0 Å². The van der Waals surface area contributed by atoms with E-state index in [1.165, 1.54) is 17.8 Å². The van der Waals surface area contributed by atoms with E-state index in [0.29, 0.717) is 27.6 Å². The van der Waals surface area contributed by atoms with E-state index in [2.05, 4.69) is 10.2 Å². The second kappa shape index (κ2) is 7.67. The summed E-state index contributed by atoms with van der Waals surface area (Å²) in [5.74, 6) is 0.596. The van der Waals surface area contributed by atoms with E-state index in [4.69, 9.17) is 0 Å². The van der Waals surface area contributed by atoms with Crippen LogP contribution in [0.1, 0.15) is 16.7 Å². The van der Waals surface area contributed by atoms with Crippen molar-refractivity contribution < 1.29 is 4.39 Å². The van der Waals surface area contributed by atoms with Gasteiger partial charge in [0.1, 0.15) is 5.82 Å². The molecule has 0 aliphatic rings. The second-order valence-electron chi connectivity index (χ2n) is 7.45. The van der Waals surface area contributed by atoms with E-state index in [1.54, 1.807) is 16.7 Å². The molecule has 3 aromatic carbocycles. The van der Waals surface area contributed by atoms with Crippen LogP contribution < -0.4 is 5.56 Å². The lowest BCUT2D eigenvalue weighted by Gasteiger charge is -2.14. The molecule has 0 spiro atoms. The number of halogens is 1. The maximum Gasteiger partial charge on any atom is 0.267 e. The van der Waals surface area contributed by atoms with E-state index in [9.17, 15) is 9.18 Å². The lowest BCUT2D eigenvalue weighted by atomic mass is 10.1. The summed E-state index contributed by atoms with van der Waals surface area (Å²) in [7, 11) is 0. The maximum atomic E-state index is 14.1. The highest BCUT2D eigenvalue weighted by atomic mass is 32.2. The standard InChI is InChI=1S/C24H19FN4OS/c1-15-11-12-16(2)21(13-15)28-22(30)18-8-4-6-10-20(18)29-23(28)26-27-24(29)31-14-17-7-3-5-9-19(17)25/h3-13H,14H2,1-2H3. The van der Waals surface area contributed by atoms with E-state index in [0.717, 1.165) is 22.3 Å². The fraction of sp³-hybridized carbons (Fsp3) is 0.125. The summed E-state index contributed by atoms with van der Waals surface area (Å²) in [6, 6.07) is 20.1. The summed E-state index contributed by atoms with van der Waals surface area (Å²) in [6.07, 6.45) is 0. The lowest BCUT2D eigenvalue weighted by Crippen LogP contribution is -2.22. The van der Waals surface area contributed by atoms with Crippen molar-refractivity contribution in [3.8, 4) is 5.69 Å². The Kier molecular flexibility index (Phi) is 4.82. The number of hydrogen-bond donors (Lipinski definition) is 0. The van der Waals surface area contributed by atoms with Crippen LogP contribution in [0.4, 0.5) is 4.39 Å². The normalized spacial score (nSPS) is 11.5. The molecule has 31 heavy (non-hydrogen) atoms. The Morgan fingerprint density at radius 3 is 2.58 bits per heavy atom. The highest BCUT2D eigenvalue weighted by Crippen LogP contribution is 2.27. The third-order valence-corrected chi connectivity index (χ3v) is 6.29. The van der Waals surface area contributed by atoms with Gasteiger partial charge in [0, 0.05) is 5.75 Å². The highest BCUT2D eigenvalue weighted by molar-refractivity contribution is 7.98.